The van der Waals surface area contributed by atoms with E-state index in [4.69, 9.17) is 11.6 Å². The average Bonchev–Trinajstić information content (AvgIpc) is 2.64. The van der Waals surface area contributed by atoms with Gasteiger partial charge in [0.15, 0.2) is 0 Å². The van der Waals surface area contributed by atoms with Gasteiger partial charge in [0, 0.05) is 27.5 Å². The SMILES string of the molecule is O=C(N/N=C/C1=C(Cl)c2cc(F)ccc2SC1)Nc1ccc(C(F)(F)F)cc1. The molecule has 1 aliphatic rings. The van der Waals surface area contributed by atoms with Crippen LogP contribution in [0.2, 0.25) is 0 Å². The molecule has 4 nitrogen and oxygen atoms in total. The van der Waals surface area contributed by atoms with E-state index in [9.17, 15) is 22.4 Å². The van der Waals surface area contributed by atoms with Crippen LogP contribution in [0.5, 0.6) is 0 Å². The molecule has 0 bridgehead atoms. The maximum Gasteiger partial charge on any atom is 0.416 e. The second-order valence-corrected chi connectivity index (χ2v) is 7.06. The molecule has 1 heterocycles. The number of benzene rings is 2. The number of carbonyl (C=O) groups is 1. The van der Waals surface area contributed by atoms with Gasteiger partial charge in [-0.2, -0.15) is 18.3 Å². The number of halogens is 5. The third-order valence-electron chi connectivity index (χ3n) is 3.70. The van der Waals surface area contributed by atoms with Crippen molar-refractivity contribution >= 4 is 46.3 Å². The van der Waals surface area contributed by atoms with E-state index in [1.54, 1.807) is 6.07 Å². The number of nitrogens with one attached hydrogen (secondary N) is 2. The smallest absolute Gasteiger partial charge is 0.307 e. The lowest BCUT2D eigenvalue weighted by Gasteiger charge is -2.16. The van der Waals surface area contributed by atoms with Gasteiger partial charge in [-0.15, -0.1) is 11.8 Å². The Balaban J connectivity index is 1.61. The highest BCUT2D eigenvalue weighted by atomic mass is 35.5. The molecule has 3 rings (SSSR count). The molecule has 0 spiro atoms. The number of anilines is 1. The van der Waals surface area contributed by atoms with E-state index in [-0.39, 0.29) is 5.69 Å². The van der Waals surface area contributed by atoms with Crippen LogP contribution in [0, 0.1) is 5.82 Å². The van der Waals surface area contributed by atoms with Crippen molar-refractivity contribution in [3.8, 4) is 0 Å². The lowest BCUT2D eigenvalue weighted by Crippen LogP contribution is -2.24. The van der Waals surface area contributed by atoms with Crippen molar-refractivity contribution in [2.24, 2.45) is 5.10 Å². The lowest BCUT2D eigenvalue weighted by atomic mass is 10.1. The van der Waals surface area contributed by atoms with E-state index in [1.165, 1.54) is 30.1 Å². The molecule has 2 aromatic rings. The zero-order valence-corrected chi connectivity index (χ0v) is 15.6. The molecule has 1 aliphatic heterocycles. The number of thioether (sulfide) groups is 1. The molecule has 0 aromatic heterocycles. The summed E-state index contributed by atoms with van der Waals surface area (Å²) in [6.45, 7) is 0. The second-order valence-electron chi connectivity index (χ2n) is 5.67. The Morgan fingerprint density at radius 1 is 1.18 bits per heavy atom. The average molecular weight is 430 g/mol. The van der Waals surface area contributed by atoms with Crippen LogP contribution < -0.4 is 10.7 Å². The fourth-order valence-corrected chi connectivity index (χ4v) is 3.77. The summed E-state index contributed by atoms with van der Waals surface area (Å²) in [5.74, 6) is 0.0770. The number of alkyl halides is 3. The van der Waals surface area contributed by atoms with E-state index in [1.807, 2.05) is 0 Å². The van der Waals surface area contributed by atoms with Gasteiger partial charge in [0.2, 0.25) is 0 Å². The molecule has 0 fully saturated rings. The van der Waals surface area contributed by atoms with Crippen molar-refractivity contribution in [2.45, 2.75) is 11.1 Å². The van der Waals surface area contributed by atoms with Crippen LogP contribution in [0.3, 0.4) is 0 Å². The summed E-state index contributed by atoms with van der Waals surface area (Å²) in [5, 5.41) is 6.47. The first kappa shape index (κ1) is 20.2. The van der Waals surface area contributed by atoms with Crippen LogP contribution in [0.1, 0.15) is 11.1 Å². The van der Waals surface area contributed by atoms with Crippen LogP contribution in [0.25, 0.3) is 5.03 Å². The number of urea groups is 1. The largest absolute Gasteiger partial charge is 0.416 e. The zero-order chi connectivity index (χ0) is 20.3. The van der Waals surface area contributed by atoms with Gasteiger partial charge in [0.1, 0.15) is 5.82 Å². The van der Waals surface area contributed by atoms with Gasteiger partial charge < -0.3 is 5.32 Å². The van der Waals surface area contributed by atoms with Crippen molar-refractivity contribution < 1.29 is 22.4 Å². The van der Waals surface area contributed by atoms with Gasteiger partial charge in [-0.25, -0.2) is 14.6 Å². The molecule has 2 N–H and O–H groups in total. The number of hydrogen-bond donors (Lipinski definition) is 2. The maximum atomic E-state index is 13.4. The number of amides is 2. The Labute approximate surface area is 166 Å². The van der Waals surface area contributed by atoms with Gasteiger partial charge in [-0.05, 0) is 42.5 Å². The molecular formula is C18H12ClF4N3OS. The Kier molecular flexibility index (Phi) is 5.95. The lowest BCUT2D eigenvalue weighted by molar-refractivity contribution is -0.137. The number of hydrogen-bond acceptors (Lipinski definition) is 3. The third-order valence-corrected chi connectivity index (χ3v) is 5.27. The minimum Gasteiger partial charge on any atom is -0.307 e. The number of fused-ring (bicyclic) bond motifs is 1. The highest BCUT2D eigenvalue weighted by Gasteiger charge is 2.30. The number of nitrogens with zero attached hydrogens (tertiary/aromatic N) is 1. The fraction of sp³-hybridized carbons (Fsp3) is 0.111. The number of hydrazone groups is 1. The highest BCUT2D eigenvalue weighted by Crippen LogP contribution is 2.38. The minimum atomic E-state index is -4.45. The van der Waals surface area contributed by atoms with E-state index in [0.717, 1.165) is 29.2 Å². The van der Waals surface area contributed by atoms with E-state index in [0.29, 0.717) is 21.9 Å². The summed E-state index contributed by atoms with van der Waals surface area (Å²) in [7, 11) is 0. The molecule has 0 aliphatic carbocycles. The van der Waals surface area contributed by atoms with Crippen molar-refractivity contribution in [1.29, 1.82) is 0 Å². The summed E-state index contributed by atoms with van der Waals surface area (Å²) in [4.78, 5) is 12.6. The summed E-state index contributed by atoms with van der Waals surface area (Å²) in [6, 6.07) is 7.57. The zero-order valence-electron chi connectivity index (χ0n) is 14.0. The Morgan fingerprint density at radius 3 is 2.57 bits per heavy atom. The molecule has 0 atom stereocenters. The van der Waals surface area contributed by atoms with E-state index >= 15 is 0 Å². The quantitative estimate of drug-likeness (QED) is 0.373. The number of rotatable bonds is 3. The Hall–Kier alpha value is -2.52. The summed E-state index contributed by atoms with van der Waals surface area (Å²) < 4.78 is 50.9. The predicted octanol–water partition coefficient (Wildman–Crippen LogP) is 5.71. The van der Waals surface area contributed by atoms with Gasteiger partial charge in [-0.3, -0.25) is 0 Å². The Bertz CT molecular complexity index is 958. The van der Waals surface area contributed by atoms with Gasteiger partial charge in [0.05, 0.1) is 16.8 Å². The molecule has 28 heavy (non-hydrogen) atoms. The topological polar surface area (TPSA) is 53.5 Å². The van der Waals surface area contributed by atoms with Crippen molar-refractivity contribution in [3.05, 3.63) is 65.0 Å². The van der Waals surface area contributed by atoms with Crippen LogP contribution in [-0.2, 0) is 6.18 Å². The van der Waals surface area contributed by atoms with Crippen molar-refractivity contribution in [3.63, 3.8) is 0 Å². The molecule has 0 saturated heterocycles. The summed E-state index contributed by atoms with van der Waals surface area (Å²) >= 11 is 7.72. The normalized spacial score (nSPS) is 14.2. The number of carbonyl (C=O) groups excluding carboxylic acids is 1. The maximum absolute atomic E-state index is 13.4. The van der Waals surface area contributed by atoms with Crippen molar-refractivity contribution in [1.82, 2.24) is 5.43 Å². The Morgan fingerprint density at radius 2 is 1.89 bits per heavy atom. The first-order chi connectivity index (χ1) is 13.2. The van der Waals surface area contributed by atoms with Crippen LogP contribution >= 0.6 is 23.4 Å². The van der Waals surface area contributed by atoms with Crippen LogP contribution in [0.4, 0.5) is 28.0 Å². The van der Waals surface area contributed by atoms with Crippen LogP contribution in [-0.4, -0.2) is 18.0 Å². The van der Waals surface area contributed by atoms with Gasteiger partial charge in [-0.1, -0.05) is 11.6 Å². The first-order valence-corrected chi connectivity index (χ1v) is 9.19. The van der Waals surface area contributed by atoms with Gasteiger partial charge >= 0.3 is 12.2 Å². The molecule has 10 heteroatoms. The molecule has 0 unspecified atom stereocenters. The first-order valence-electron chi connectivity index (χ1n) is 7.83. The van der Waals surface area contributed by atoms with Gasteiger partial charge in [0.25, 0.3) is 0 Å². The van der Waals surface area contributed by atoms with E-state index < -0.39 is 23.6 Å². The molecule has 2 aromatic carbocycles. The van der Waals surface area contributed by atoms with Crippen molar-refractivity contribution in [2.75, 3.05) is 11.1 Å². The highest BCUT2D eigenvalue weighted by molar-refractivity contribution is 7.99. The minimum absolute atomic E-state index is 0.176. The monoisotopic (exact) mass is 429 g/mol. The fourth-order valence-electron chi connectivity index (χ4n) is 2.36. The van der Waals surface area contributed by atoms with E-state index in [2.05, 4.69) is 15.8 Å². The molecule has 0 saturated carbocycles. The predicted molar refractivity (Wildman–Crippen MR) is 102 cm³/mol. The standard InChI is InChI=1S/C18H12ClF4N3OS/c19-16-10(9-28-15-6-3-12(20)7-14(15)16)8-24-26-17(27)25-13-4-1-11(2-5-13)18(21,22)23/h1-8H,9H2,(H2,25,26,27)/b24-8+. The molecule has 2 amide bonds. The van der Waals surface area contributed by atoms with Crippen LogP contribution in [0.15, 0.2) is 58.0 Å². The second kappa shape index (κ2) is 8.24. The molecule has 0 radical (unpaired) electrons. The molecular weight excluding hydrogens is 418 g/mol. The molecule has 146 valence electrons. The summed E-state index contributed by atoms with van der Waals surface area (Å²) in [5.41, 5.74) is 2.71. The summed E-state index contributed by atoms with van der Waals surface area (Å²) in [6.07, 6.45) is -3.10. The third kappa shape index (κ3) is 4.85.